The lowest BCUT2D eigenvalue weighted by Gasteiger charge is -2.21. The monoisotopic (exact) mass is 269 g/mol. The van der Waals surface area contributed by atoms with Gasteiger partial charge in [-0.25, -0.2) is 0 Å². The molecule has 1 heterocycles. The third kappa shape index (κ3) is 2.31. The van der Waals surface area contributed by atoms with E-state index in [1.807, 2.05) is 53.5 Å². The molecule has 1 aliphatic rings. The highest BCUT2D eigenvalue weighted by Gasteiger charge is 2.21. The summed E-state index contributed by atoms with van der Waals surface area (Å²) >= 11 is 0. The van der Waals surface area contributed by atoms with Crippen molar-refractivity contribution < 1.29 is 9.90 Å². The van der Waals surface area contributed by atoms with Gasteiger partial charge >= 0.3 is 5.97 Å². The molecule has 1 aliphatic heterocycles. The second-order valence-corrected chi connectivity index (χ2v) is 4.61. The zero-order valence-electron chi connectivity index (χ0n) is 10.8. The van der Waals surface area contributed by atoms with Crippen LogP contribution in [0.4, 0.5) is 17.1 Å². The first kappa shape index (κ1) is 12.5. The van der Waals surface area contributed by atoms with Crippen LogP contribution in [-0.2, 0) is 11.2 Å². The van der Waals surface area contributed by atoms with Crippen LogP contribution < -0.4 is 16.0 Å². The van der Waals surface area contributed by atoms with E-state index in [4.69, 9.17) is 5.11 Å². The maximum Gasteiger partial charge on any atom is 0.303 e. The summed E-state index contributed by atoms with van der Waals surface area (Å²) < 4.78 is 0. The Hall–Kier alpha value is -2.53. The van der Waals surface area contributed by atoms with E-state index in [2.05, 4.69) is 11.0 Å². The van der Waals surface area contributed by atoms with Gasteiger partial charge in [0.2, 0.25) is 0 Å². The minimum absolute atomic E-state index is 0.125. The molecule has 0 fully saturated rings. The quantitative estimate of drug-likeness (QED) is 0.796. The second-order valence-electron chi connectivity index (χ2n) is 4.61. The summed E-state index contributed by atoms with van der Waals surface area (Å²) in [6, 6.07) is 15.7. The first-order chi connectivity index (χ1) is 9.75. The van der Waals surface area contributed by atoms with E-state index in [-0.39, 0.29) is 6.42 Å². The van der Waals surface area contributed by atoms with Crippen LogP contribution in [0.3, 0.4) is 0 Å². The maximum absolute atomic E-state index is 10.8. The number of hydrazine groups is 2. The van der Waals surface area contributed by atoms with Gasteiger partial charge in [0, 0.05) is 6.42 Å². The van der Waals surface area contributed by atoms with Crippen LogP contribution >= 0.6 is 0 Å². The van der Waals surface area contributed by atoms with E-state index in [9.17, 15) is 4.79 Å². The normalized spacial score (nSPS) is 12.9. The summed E-state index contributed by atoms with van der Waals surface area (Å²) in [5.41, 5.74) is 10.2. The van der Waals surface area contributed by atoms with Crippen molar-refractivity contribution in [3.63, 3.8) is 0 Å². The van der Waals surface area contributed by atoms with Crippen LogP contribution in [-0.4, -0.2) is 11.1 Å². The van der Waals surface area contributed by atoms with Gasteiger partial charge in [0.05, 0.1) is 17.1 Å². The Morgan fingerprint density at radius 1 is 1.05 bits per heavy atom. The van der Waals surface area contributed by atoms with Crippen LogP contribution in [0.5, 0.6) is 0 Å². The maximum atomic E-state index is 10.8. The SMILES string of the molecule is O=C(O)CCc1ccccc1N1NNc2ccccc21. The molecule has 0 radical (unpaired) electrons. The molecule has 0 atom stereocenters. The van der Waals surface area contributed by atoms with Crippen molar-refractivity contribution in [1.82, 2.24) is 5.53 Å². The average Bonchev–Trinajstić information content (AvgIpc) is 2.89. The number of rotatable bonds is 4. The minimum Gasteiger partial charge on any atom is -0.481 e. The van der Waals surface area contributed by atoms with Crippen LogP contribution in [0.2, 0.25) is 0 Å². The summed E-state index contributed by atoms with van der Waals surface area (Å²) in [6.07, 6.45) is 0.631. The molecular weight excluding hydrogens is 254 g/mol. The fraction of sp³-hybridized carbons (Fsp3) is 0.133. The van der Waals surface area contributed by atoms with Crippen LogP contribution in [0, 0.1) is 0 Å². The molecule has 3 rings (SSSR count). The number of aryl methyl sites for hydroxylation is 1. The third-order valence-electron chi connectivity index (χ3n) is 3.29. The first-order valence-corrected chi connectivity index (χ1v) is 6.46. The highest BCUT2D eigenvalue weighted by molar-refractivity contribution is 5.80. The number of nitrogens with one attached hydrogen (secondary N) is 2. The van der Waals surface area contributed by atoms with Crippen molar-refractivity contribution in [2.45, 2.75) is 12.8 Å². The fourth-order valence-corrected chi connectivity index (χ4v) is 2.32. The lowest BCUT2D eigenvalue weighted by Crippen LogP contribution is -2.32. The standard InChI is InChI=1S/C15H15N3O2/c19-15(20)10-9-11-5-1-3-7-13(11)18-14-8-4-2-6-12(14)16-17-18/h1-8,16-17H,9-10H2,(H,19,20). The van der Waals surface area contributed by atoms with Gasteiger partial charge in [-0.1, -0.05) is 30.3 Å². The Kier molecular flexibility index (Phi) is 3.26. The van der Waals surface area contributed by atoms with Crippen molar-refractivity contribution in [2.24, 2.45) is 0 Å². The van der Waals surface area contributed by atoms with Crippen molar-refractivity contribution in [1.29, 1.82) is 0 Å². The van der Waals surface area contributed by atoms with E-state index in [0.29, 0.717) is 6.42 Å². The van der Waals surface area contributed by atoms with Gasteiger partial charge in [-0.05, 0) is 30.2 Å². The Labute approximate surface area is 116 Å². The number of carbonyl (C=O) groups is 1. The van der Waals surface area contributed by atoms with Crippen molar-refractivity contribution >= 4 is 23.0 Å². The molecule has 5 heteroatoms. The summed E-state index contributed by atoms with van der Waals surface area (Å²) in [4.78, 5) is 10.8. The molecule has 2 aromatic rings. The van der Waals surface area contributed by atoms with E-state index in [0.717, 1.165) is 22.6 Å². The van der Waals surface area contributed by atoms with Gasteiger partial charge in [0.25, 0.3) is 0 Å². The van der Waals surface area contributed by atoms with Gasteiger partial charge in [0.15, 0.2) is 0 Å². The molecule has 20 heavy (non-hydrogen) atoms. The predicted octanol–water partition coefficient (Wildman–Crippen LogP) is 2.69. The number of hydrogen-bond donors (Lipinski definition) is 3. The van der Waals surface area contributed by atoms with Gasteiger partial charge in [-0.3, -0.25) is 9.80 Å². The van der Waals surface area contributed by atoms with Gasteiger partial charge < -0.3 is 10.5 Å². The Morgan fingerprint density at radius 3 is 2.55 bits per heavy atom. The Morgan fingerprint density at radius 2 is 1.75 bits per heavy atom. The van der Waals surface area contributed by atoms with E-state index >= 15 is 0 Å². The summed E-state index contributed by atoms with van der Waals surface area (Å²) in [5, 5.41) is 10.8. The molecule has 2 aromatic carbocycles. The number of benzene rings is 2. The van der Waals surface area contributed by atoms with Crippen molar-refractivity contribution in [3.8, 4) is 0 Å². The Balaban J connectivity index is 1.93. The van der Waals surface area contributed by atoms with E-state index in [1.165, 1.54) is 0 Å². The molecule has 0 aliphatic carbocycles. The number of hydrogen-bond acceptors (Lipinski definition) is 4. The van der Waals surface area contributed by atoms with Crippen LogP contribution in [0.25, 0.3) is 0 Å². The number of carboxylic acid groups (broad SMARTS) is 1. The second kappa shape index (κ2) is 5.22. The van der Waals surface area contributed by atoms with Gasteiger partial charge in [-0.2, -0.15) is 0 Å². The molecule has 0 saturated heterocycles. The highest BCUT2D eigenvalue weighted by Crippen LogP contribution is 2.35. The summed E-state index contributed by atoms with van der Waals surface area (Å²) in [6.45, 7) is 0. The van der Waals surface area contributed by atoms with Gasteiger partial charge in [-0.15, -0.1) is 5.53 Å². The van der Waals surface area contributed by atoms with Crippen LogP contribution in [0.15, 0.2) is 48.5 Å². The van der Waals surface area contributed by atoms with Crippen molar-refractivity contribution in [2.75, 3.05) is 10.4 Å². The van der Waals surface area contributed by atoms with Crippen LogP contribution in [0.1, 0.15) is 12.0 Å². The molecule has 0 spiro atoms. The lowest BCUT2D eigenvalue weighted by molar-refractivity contribution is -0.136. The largest absolute Gasteiger partial charge is 0.481 e. The molecule has 0 saturated carbocycles. The van der Waals surface area contributed by atoms with Gasteiger partial charge in [0.1, 0.15) is 0 Å². The zero-order valence-corrected chi connectivity index (χ0v) is 10.8. The molecule has 3 N–H and O–H groups in total. The minimum atomic E-state index is -0.785. The molecule has 102 valence electrons. The third-order valence-corrected chi connectivity index (χ3v) is 3.29. The molecule has 0 bridgehead atoms. The average molecular weight is 269 g/mol. The van der Waals surface area contributed by atoms with E-state index < -0.39 is 5.97 Å². The summed E-state index contributed by atoms with van der Waals surface area (Å²) in [7, 11) is 0. The molecule has 0 unspecified atom stereocenters. The van der Waals surface area contributed by atoms with Crippen molar-refractivity contribution in [3.05, 3.63) is 54.1 Å². The molecule has 5 nitrogen and oxygen atoms in total. The predicted molar refractivity (Wildman–Crippen MR) is 77.7 cm³/mol. The molecular formula is C15H15N3O2. The Bertz CT molecular complexity index is 643. The number of aliphatic carboxylic acids is 1. The smallest absolute Gasteiger partial charge is 0.303 e. The number of fused-ring (bicyclic) bond motifs is 1. The fourth-order valence-electron chi connectivity index (χ4n) is 2.32. The highest BCUT2D eigenvalue weighted by atomic mass is 16.4. The number of anilines is 3. The first-order valence-electron chi connectivity index (χ1n) is 6.46. The lowest BCUT2D eigenvalue weighted by atomic mass is 10.1. The molecule has 0 aromatic heterocycles. The number of nitrogens with zero attached hydrogens (tertiary/aromatic N) is 1. The number of carboxylic acids is 1. The summed E-state index contributed by atoms with van der Waals surface area (Å²) in [5.74, 6) is -0.785. The van der Waals surface area contributed by atoms with E-state index in [1.54, 1.807) is 0 Å². The number of para-hydroxylation sites is 3. The molecule has 0 amide bonds. The zero-order chi connectivity index (χ0) is 13.9. The topological polar surface area (TPSA) is 64.6 Å².